The molecule has 1 unspecified atom stereocenters. The topological polar surface area (TPSA) is 50.9 Å². The van der Waals surface area contributed by atoms with Gasteiger partial charge in [0.25, 0.3) is 0 Å². The van der Waals surface area contributed by atoms with E-state index < -0.39 is 11.7 Å². The summed E-state index contributed by atoms with van der Waals surface area (Å²) >= 11 is 0. The van der Waals surface area contributed by atoms with Gasteiger partial charge in [-0.15, -0.1) is 0 Å². The van der Waals surface area contributed by atoms with Gasteiger partial charge in [0.1, 0.15) is 0 Å². The van der Waals surface area contributed by atoms with Gasteiger partial charge in [-0.05, 0) is 36.6 Å². The van der Waals surface area contributed by atoms with Crippen LogP contribution >= 0.6 is 0 Å². The van der Waals surface area contributed by atoms with Gasteiger partial charge in [0.15, 0.2) is 0 Å². The van der Waals surface area contributed by atoms with Crippen LogP contribution in [0.25, 0.3) is 0 Å². The molecule has 0 radical (unpaired) electrons. The molecule has 0 aliphatic carbocycles. The molecular formula is C15H16F3N3. The molecule has 1 aromatic carbocycles. The van der Waals surface area contributed by atoms with Crippen LogP contribution in [0.15, 0.2) is 42.6 Å². The molecule has 112 valence electrons. The van der Waals surface area contributed by atoms with Crippen molar-refractivity contribution in [1.29, 1.82) is 0 Å². The molecule has 0 amide bonds. The molecule has 0 saturated carbocycles. The largest absolute Gasteiger partial charge is 0.416 e. The summed E-state index contributed by atoms with van der Waals surface area (Å²) in [6.45, 7) is 1.86. The first kappa shape index (κ1) is 15.5. The summed E-state index contributed by atoms with van der Waals surface area (Å²) in [4.78, 5) is 4.17. The highest BCUT2D eigenvalue weighted by molar-refractivity contribution is 5.28. The summed E-state index contributed by atoms with van der Waals surface area (Å²) in [5.41, 5.74) is 4.23. The number of nitrogens with zero attached hydrogens (tertiary/aromatic N) is 1. The zero-order valence-corrected chi connectivity index (χ0v) is 11.5. The Bertz CT molecular complexity index is 594. The van der Waals surface area contributed by atoms with E-state index in [-0.39, 0.29) is 6.04 Å². The number of aryl methyl sites for hydroxylation is 1. The van der Waals surface area contributed by atoms with Gasteiger partial charge >= 0.3 is 6.18 Å². The summed E-state index contributed by atoms with van der Waals surface area (Å²) in [6.07, 6.45) is -2.31. The van der Waals surface area contributed by atoms with Gasteiger partial charge in [-0.25, -0.2) is 0 Å². The van der Waals surface area contributed by atoms with Crippen LogP contribution in [-0.4, -0.2) is 4.98 Å². The third-order valence-corrected chi connectivity index (χ3v) is 3.23. The average Bonchev–Trinajstić information content (AvgIpc) is 2.45. The van der Waals surface area contributed by atoms with Crippen molar-refractivity contribution in [1.82, 2.24) is 10.4 Å². The summed E-state index contributed by atoms with van der Waals surface area (Å²) in [5, 5.41) is 0. The Kier molecular flexibility index (Phi) is 4.59. The molecule has 1 aromatic heterocycles. The number of hydrogen-bond donors (Lipinski definition) is 2. The van der Waals surface area contributed by atoms with Gasteiger partial charge in [-0.1, -0.05) is 24.3 Å². The number of nitrogens with one attached hydrogen (secondary N) is 1. The quantitative estimate of drug-likeness (QED) is 0.673. The lowest BCUT2D eigenvalue weighted by Gasteiger charge is -2.17. The van der Waals surface area contributed by atoms with Gasteiger partial charge in [0.2, 0.25) is 0 Å². The van der Waals surface area contributed by atoms with Crippen LogP contribution in [0.3, 0.4) is 0 Å². The van der Waals surface area contributed by atoms with Crippen LogP contribution in [0.4, 0.5) is 13.2 Å². The Balaban J connectivity index is 2.21. The first-order valence-corrected chi connectivity index (χ1v) is 6.45. The van der Waals surface area contributed by atoms with Crippen molar-refractivity contribution in [3.63, 3.8) is 0 Å². The van der Waals surface area contributed by atoms with Crippen molar-refractivity contribution in [2.24, 2.45) is 5.84 Å². The molecule has 0 aliphatic rings. The highest BCUT2D eigenvalue weighted by atomic mass is 19.4. The van der Waals surface area contributed by atoms with Crippen LogP contribution in [-0.2, 0) is 12.6 Å². The van der Waals surface area contributed by atoms with Crippen LogP contribution in [0.1, 0.15) is 28.4 Å². The zero-order chi connectivity index (χ0) is 15.5. The van der Waals surface area contributed by atoms with Gasteiger partial charge < -0.3 is 0 Å². The van der Waals surface area contributed by atoms with Crippen molar-refractivity contribution in [2.45, 2.75) is 25.6 Å². The molecule has 2 rings (SSSR count). The smallest absolute Gasteiger partial charge is 0.271 e. The van der Waals surface area contributed by atoms with Crippen LogP contribution in [0.5, 0.6) is 0 Å². The maximum absolute atomic E-state index is 12.7. The Morgan fingerprint density at radius 1 is 1.24 bits per heavy atom. The highest BCUT2D eigenvalue weighted by Crippen LogP contribution is 2.30. The number of aromatic nitrogens is 1. The minimum Gasteiger partial charge on any atom is -0.271 e. The van der Waals surface area contributed by atoms with Crippen molar-refractivity contribution in [3.05, 3.63) is 65.0 Å². The zero-order valence-electron chi connectivity index (χ0n) is 11.5. The summed E-state index contributed by atoms with van der Waals surface area (Å²) in [7, 11) is 0. The molecule has 3 nitrogen and oxygen atoms in total. The first-order valence-electron chi connectivity index (χ1n) is 6.45. The molecule has 2 aromatic rings. The SMILES string of the molecule is Cc1ccc(C(Cc2cccc(C(F)(F)F)c2)NN)cn1. The van der Waals surface area contributed by atoms with E-state index in [0.29, 0.717) is 12.0 Å². The molecule has 0 fully saturated rings. The third-order valence-electron chi connectivity index (χ3n) is 3.23. The van der Waals surface area contributed by atoms with Gasteiger partial charge in [0.05, 0.1) is 11.6 Å². The van der Waals surface area contributed by atoms with Crippen molar-refractivity contribution in [3.8, 4) is 0 Å². The molecule has 3 N–H and O–H groups in total. The van der Waals surface area contributed by atoms with E-state index >= 15 is 0 Å². The normalized spacial score (nSPS) is 13.2. The fourth-order valence-corrected chi connectivity index (χ4v) is 2.07. The van der Waals surface area contributed by atoms with Crippen molar-refractivity contribution < 1.29 is 13.2 Å². The minimum atomic E-state index is -4.34. The van der Waals surface area contributed by atoms with Crippen LogP contribution < -0.4 is 11.3 Å². The molecule has 0 saturated heterocycles. The number of alkyl halides is 3. The first-order chi connectivity index (χ1) is 9.90. The molecule has 0 bridgehead atoms. The monoisotopic (exact) mass is 295 g/mol. The van der Waals surface area contributed by atoms with E-state index in [4.69, 9.17) is 5.84 Å². The van der Waals surface area contributed by atoms with Crippen molar-refractivity contribution in [2.75, 3.05) is 0 Å². The average molecular weight is 295 g/mol. The van der Waals surface area contributed by atoms with E-state index in [1.807, 2.05) is 19.1 Å². The predicted octanol–water partition coefficient (Wildman–Crippen LogP) is 3.16. The molecular weight excluding hydrogens is 279 g/mol. The molecule has 0 aliphatic heterocycles. The molecule has 6 heteroatoms. The Morgan fingerprint density at radius 3 is 2.57 bits per heavy atom. The van der Waals surface area contributed by atoms with E-state index in [1.54, 1.807) is 12.3 Å². The second kappa shape index (κ2) is 6.24. The number of benzene rings is 1. The predicted molar refractivity (Wildman–Crippen MR) is 74.2 cm³/mol. The number of hydrazine groups is 1. The number of rotatable bonds is 4. The Morgan fingerprint density at radius 2 is 2.00 bits per heavy atom. The fourth-order valence-electron chi connectivity index (χ4n) is 2.07. The van der Waals surface area contributed by atoms with Crippen LogP contribution in [0.2, 0.25) is 0 Å². The Hall–Kier alpha value is -1.92. The van der Waals surface area contributed by atoms with Gasteiger partial charge in [0, 0.05) is 11.9 Å². The van der Waals surface area contributed by atoms with Crippen LogP contribution in [0, 0.1) is 6.92 Å². The second-order valence-corrected chi connectivity index (χ2v) is 4.85. The van der Waals surface area contributed by atoms with Crippen molar-refractivity contribution >= 4 is 0 Å². The summed E-state index contributed by atoms with van der Waals surface area (Å²) in [6, 6.07) is 8.67. The Labute approximate surface area is 121 Å². The summed E-state index contributed by atoms with van der Waals surface area (Å²) < 4.78 is 38.1. The molecule has 0 spiro atoms. The minimum absolute atomic E-state index is 0.290. The molecule has 1 heterocycles. The second-order valence-electron chi connectivity index (χ2n) is 4.85. The lowest BCUT2D eigenvalue weighted by atomic mass is 9.99. The van der Waals surface area contributed by atoms with E-state index in [2.05, 4.69) is 10.4 Å². The number of pyridine rings is 1. The molecule has 1 atom stereocenters. The fraction of sp³-hybridized carbons (Fsp3) is 0.267. The molecule has 21 heavy (non-hydrogen) atoms. The van der Waals surface area contributed by atoms with Gasteiger partial charge in [-0.2, -0.15) is 13.2 Å². The maximum atomic E-state index is 12.7. The lowest BCUT2D eigenvalue weighted by molar-refractivity contribution is -0.137. The van der Waals surface area contributed by atoms with E-state index in [1.165, 1.54) is 6.07 Å². The highest BCUT2D eigenvalue weighted by Gasteiger charge is 2.30. The lowest BCUT2D eigenvalue weighted by Crippen LogP contribution is -2.29. The number of halogens is 3. The standard InChI is InChI=1S/C15H16F3N3/c1-10-5-6-12(9-20-10)14(21-19)8-11-3-2-4-13(7-11)15(16,17)18/h2-7,9,14,21H,8,19H2,1H3. The van der Waals surface area contributed by atoms with E-state index in [9.17, 15) is 13.2 Å². The maximum Gasteiger partial charge on any atom is 0.416 e. The summed E-state index contributed by atoms with van der Waals surface area (Å²) in [5.74, 6) is 5.51. The van der Waals surface area contributed by atoms with Gasteiger partial charge in [-0.3, -0.25) is 16.3 Å². The van der Waals surface area contributed by atoms with E-state index in [0.717, 1.165) is 23.4 Å². The number of nitrogens with two attached hydrogens (primary N) is 1. The third kappa shape index (κ3) is 4.03. The number of hydrogen-bond acceptors (Lipinski definition) is 3.